The summed E-state index contributed by atoms with van der Waals surface area (Å²) in [6.07, 6.45) is 0. The van der Waals surface area contributed by atoms with Gasteiger partial charge in [-0.05, 0) is 37.1 Å². The van der Waals surface area contributed by atoms with Gasteiger partial charge in [-0.15, -0.1) is 0 Å². The molecule has 0 spiro atoms. The van der Waals surface area contributed by atoms with Gasteiger partial charge in [0, 0.05) is 22.2 Å². The first-order valence-electron chi connectivity index (χ1n) is 10.3. The Morgan fingerprint density at radius 3 is 1.12 bits per heavy atom. The number of benzene rings is 4. The van der Waals surface area contributed by atoms with Gasteiger partial charge in [0.25, 0.3) is 0 Å². The second kappa shape index (κ2) is 11.8. The van der Waals surface area contributed by atoms with E-state index in [2.05, 4.69) is 116 Å². The molecule has 0 fully saturated rings. The third-order valence-corrected chi connectivity index (χ3v) is 12.9. The van der Waals surface area contributed by atoms with Crippen LogP contribution in [-0.4, -0.2) is 9.73 Å². The SMILES string of the molecule is CC(P(c1ccccc1)c1ccccc1)C(Cl)(Cl)P(c1ccccc1)c1ccccc1.[Ni]. The van der Waals surface area contributed by atoms with Crippen LogP contribution in [0.4, 0.5) is 0 Å². The molecule has 4 aromatic rings. The van der Waals surface area contributed by atoms with E-state index in [0.29, 0.717) is 0 Å². The van der Waals surface area contributed by atoms with Crippen molar-refractivity contribution in [3.05, 3.63) is 121 Å². The summed E-state index contributed by atoms with van der Waals surface area (Å²) in [4.78, 5) is 0. The van der Waals surface area contributed by atoms with Crippen molar-refractivity contribution < 1.29 is 16.5 Å². The van der Waals surface area contributed by atoms with E-state index in [-0.39, 0.29) is 22.2 Å². The van der Waals surface area contributed by atoms with Gasteiger partial charge in [0.15, 0.2) is 4.07 Å². The zero-order valence-electron chi connectivity index (χ0n) is 17.6. The molecule has 1 atom stereocenters. The van der Waals surface area contributed by atoms with Gasteiger partial charge >= 0.3 is 0 Å². The van der Waals surface area contributed by atoms with Crippen LogP contribution in [0.2, 0.25) is 0 Å². The zero-order valence-corrected chi connectivity index (χ0v) is 21.9. The van der Waals surface area contributed by atoms with Gasteiger partial charge in [0.2, 0.25) is 0 Å². The fraction of sp³-hybridized carbons (Fsp3) is 0.111. The molecule has 166 valence electrons. The molecule has 0 aliphatic rings. The quantitative estimate of drug-likeness (QED) is 0.138. The molecular formula is C27H24Cl2NiP2. The summed E-state index contributed by atoms with van der Waals surface area (Å²) >= 11 is 14.9. The minimum absolute atomic E-state index is 0. The van der Waals surface area contributed by atoms with E-state index < -0.39 is 19.9 Å². The number of halogens is 2. The standard InChI is InChI=1S/C27H24Cl2P2.Ni/c1-22(30(23-14-6-2-7-15-23)24-16-8-3-9-17-24)27(28,29)31(25-18-10-4-11-19-25)26-20-12-5-13-21-26;/h2-22H,1H3;. The summed E-state index contributed by atoms with van der Waals surface area (Å²) in [5.74, 6) is 0. The van der Waals surface area contributed by atoms with Gasteiger partial charge in [-0.3, -0.25) is 0 Å². The monoisotopic (exact) mass is 538 g/mol. The van der Waals surface area contributed by atoms with E-state index in [4.69, 9.17) is 23.2 Å². The van der Waals surface area contributed by atoms with Crippen LogP contribution < -0.4 is 21.2 Å². The molecule has 5 heteroatoms. The molecule has 0 aliphatic carbocycles. The fourth-order valence-electron chi connectivity index (χ4n) is 3.76. The summed E-state index contributed by atoms with van der Waals surface area (Å²) in [7, 11) is -1.76. The van der Waals surface area contributed by atoms with Gasteiger partial charge in [-0.25, -0.2) is 0 Å². The first-order valence-corrected chi connectivity index (χ1v) is 13.8. The summed E-state index contributed by atoms with van der Waals surface area (Å²) in [6.45, 7) is 2.22. The van der Waals surface area contributed by atoms with Crippen molar-refractivity contribution in [2.75, 3.05) is 0 Å². The van der Waals surface area contributed by atoms with Crippen molar-refractivity contribution in [1.29, 1.82) is 0 Å². The molecule has 0 N–H and O–H groups in total. The summed E-state index contributed by atoms with van der Waals surface area (Å²) in [6, 6.07) is 42.3. The molecule has 0 radical (unpaired) electrons. The van der Waals surface area contributed by atoms with Crippen molar-refractivity contribution in [2.45, 2.75) is 16.7 Å². The maximum atomic E-state index is 7.43. The Kier molecular flexibility index (Phi) is 9.37. The Hall–Kier alpha value is -1.19. The normalized spacial score (nSPS) is 12.4. The van der Waals surface area contributed by atoms with Gasteiger partial charge in [0.1, 0.15) is 0 Å². The number of rotatable bonds is 7. The predicted octanol–water partition coefficient (Wildman–Crippen LogP) is 6.77. The average molecular weight is 540 g/mol. The largest absolute Gasteiger partial charge is 0.151 e. The van der Waals surface area contributed by atoms with E-state index in [1.54, 1.807) is 0 Å². The van der Waals surface area contributed by atoms with Crippen molar-refractivity contribution in [2.24, 2.45) is 0 Å². The van der Waals surface area contributed by atoms with Crippen LogP contribution in [0.5, 0.6) is 0 Å². The number of alkyl halides is 2. The molecule has 0 heterocycles. The van der Waals surface area contributed by atoms with Gasteiger partial charge in [-0.2, -0.15) is 0 Å². The van der Waals surface area contributed by atoms with Crippen molar-refractivity contribution in [1.82, 2.24) is 0 Å². The topological polar surface area (TPSA) is 0 Å². The summed E-state index contributed by atoms with van der Waals surface area (Å²) in [5, 5.41) is 4.96. The molecule has 0 saturated carbocycles. The molecule has 0 aliphatic heterocycles. The van der Waals surface area contributed by atoms with E-state index in [1.165, 1.54) is 21.2 Å². The number of hydrogen-bond donors (Lipinski definition) is 0. The second-order valence-corrected chi connectivity index (χ2v) is 14.2. The first-order chi connectivity index (χ1) is 15.1. The van der Waals surface area contributed by atoms with E-state index in [9.17, 15) is 0 Å². The van der Waals surface area contributed by atoms with E-state index in [1.807, 2.05) is 12.1 Å². The Bertz CT molecular complexity index is 999. The van der Waals surface area contributed by atoms with Crippen LogP contribution in [0, 0.1) is 0 Å². The maximum Gasteiger partial charge on any atom is 0.151 e. The Morgan fingerprint density at radius 2 is 0.812 bits per heavy atom. The molecule has 0 nitrogen and oxygen atoms in total. The smallest absolute Gasteiger partial charge is 0.0951 e. The maximum absolute atomic E-state index is 7.43. The molecule has 32 heavy (non-hydrogen) atoms. The van der Waals surface area contributed by atoms with Gasteiger partial charge in [-0.1, -0.05) is 151 Å². The second-order valence-electron chi connectivity index (χ2n) is 7.31. The van der Waals surface area contributed by atoms with Crippen LogP contribution in [0.15, 0.2) is 121 Å². The molecule has 0 bridgehead atoms. The molecule has 0 amide bonds. The number of hydrogen-bond acceptors (Lipinski definition) is 0. The van der Waals surface area contributed by atoms with Crippen LogP contribution in [0.1, 0.15) is 6.92 Å². The van der Waals surface area contributed by atoms with Gasteiger partial charge in [0.05, 0.1) is 0 Å². The Balaban J connectivity index is 0.00000289. The Morgan fingerprint density at radius 1 is 0.531 bits per heavy atom. The molecule has 1 unspecified atom stereocenters. The van der Waals surface area contributed by atoms with Crippen LogP contribution in [0.25, 0.3) is 0 Å². The summed E-state index contributed by atoms with van der Waals surface area (Å²) < 4.78 is -0.949. The van der Waals surface area contributed by atoms with E-state index in [0.717, 1.165) is 0 Å². The van der Waals surface area contributed by atoms with Crippen molar-refractivity contribution >= 4 is 60.3 Å². The third-order valence-electron chi connectivity index (χ3n) is 5.29. The molecule has 4 aromatic carbocycles. The third kappa shape index (κ3) is 5.65. The average Bonchev–Trinajstić information content (AvgIpc) is 2.82. The van der Waals surface area contributed by atoms with Crippen LogP contribution >= 0.6 is 39.0 Å². The minimum Gasteiger partial charge on any atom is -0.0951 e. The molecule has 0 saturated heterocycles. The molecular weight excluding hydrogens is 516 g/mol. The van der Waals surface area contributed by atoms with Crippen molar-refractivity contribution in [3.8, 4) is 0 Å². The first kappa shape index (κ1) is 25.4. The predicted molar refractivity (Wildman–Crippen MR) is 142 cm³/mol. The van der Waals surface area contributed by atoms with Gasteiger partial charge < -0.3 is 0 Å². The molecule has 0 aromatic heterocycles. The Labute approximate surface area is 213 Å². The van der Waals surface area contributed by atoms with Crippen molar-refractivity contribution in [3.63, 3.8) is 0 Å². The minimum atomic E-state index is -1.000. The van der Waals surface area contributed by atoms with Crippen LogP contribution in [0.3, 0.4) is 0 Å². The zero-order chi connectivity index (χ0) is 21.7. The van der Waals surface area contributed by atoms with E-state index >= 15 is 0 Å². The molecule has 4 rings (SSSR count). The fourth-order valence-corrected chi connectivity index (χ4v) is 11.0. The summed E-state index contributed by atoms with van der Waals surface area (Å²) in [5.41, 5.74) is 0.0298. The van der Waals surface area contributed by atoms with Crippen LogP contribution in [-0.2, 0) is 16.5 Å².